The van der Waals surface area contributed by atoms with E-state index in [-0.39, 0.29) is 23.7 Å². The van der Waals surface area contributed by atoms with Gasteiger partial charge in [0.25, 0.3) is 11.6 Å². The Bertz CT molecular complexity index is 822. The molecule has 0 saturated carbocycles. The molecule has 2 N–H and O–H groups in total. The lowest BCUT2D eigenvalue weighted by molar-refractivity contribution is -0.387. The van der Waals surface area contributed by atoms with E-state index in [0.29, 0.717) is 11.4 Å². The van der Waals surface area contributed by atoms with Gasteiger partial charge in [0.2, 0.25) is 5.91 Å². The topological polar surface area (TPSA) is 101 Å². The maximum atomic E-state index is 12.1. The molecule has 2 aromatic carbocycles. The van der Waals surface area contributed by atoms with E-state index in [4.69, 9.17) is 0 Å². The summed E-state index contributed by atoms with van der Waals surface area (Å²) in [6.45, 7) is 4.02. The fraction of sp³-hybridized carbons (Fsp3) is 0.222. The minimum absolute atomic E-state index is 0.134. The molecule has 0 aliphatic heterocycles. The molecule has 0 bridgehead atoms. The van der Waals surface area contributed by atoms with Crippen LogP contribution in [0.2, 0.25) is 0 Å². The number of hydrogen-bond donors (Lipinski definition) is 2. The van der Waals surface area contributed by atoms with Gasteiger partial charge in [-0.1, -0.05) is 29.5 Å². The predicted octanol–water partition coefficient (Wildman–Crippen LogP) is 2.92. The van der Waals surface area contributed by atoms with Crippen LogP contribution in [-0.2, 0) is 4.79 Å². The van der Waals surface area contributed by atoms with Crippen molar-refractivity contribution in [1.29, 1.82) is 0 Å². The standard InChI is InChI=1S/C18H19N3O4S/c1-3-19-17(22)11-20-18(23)13-6-9-16(15(10-13)21(24)25)26-14-7-4-12(2)5-8-14/h4-10H,3,11H2,1-2H3,(H,19,22)(H,20,23). The number of likely N-dealkylation sites (N-methyl/N-ethyl adjacent to an activating group) is 1. The number of nitro groups is 1. The van der Waals surface area contributed by atoms with Crippen LogP contribution < -0.4 is 10.6 Å². The third kappa shape index (κ3) is 5.32. The van der Waals surface area contributed by atoms with Gasteiger partial charge in [0.1, 0.15) is 0 Å². The summed E-state index contributed by atoms with van der Waals surface area (Å²) in [6, 6.07) is 11.9. The average molecular weight is 373 g/mol. The van der Waals surface area contributed by atoms with Crippen LogP contribution in [0, 0.1) is 17.0 Å². The molecule has 0 aliphatic rings. The third-order valence-electron chi connectivity index (χ3n) is 3.45. The second kappa shape index (κ2) is 9.00. The first-order chi connectivity index (χ1) is 12.4. The first-order valence-electron chi connectivity index (χ1n) is 7.98. The Hall–Kier alpha value is -2.87. The summed E-state index contributed by atoms with van der Waals surface area (Å²) in [5, 5.41) is 16.4. The molecule has 0 saturated heterocycles. The lowest BCUT2D eigenvalue weighted by Gasteiger charge is -2.08. The average Bonchev–Trinajstić information content (AvgIpc) is 2.62. The molecule has 2 aromatic rings. The first kappa shape index (κ1) is 19.5. The Labute approximate surface area is 155 Å². The van der Waals surface area contributed by atoms with Gasteiger partial charge in [-0.15, -0.1) is 0 Å². The van der Waals surface area contributed by atoms with E-state index in [2.05, 4.69) is 10.6 Å². The van der Waals surface area contributed by atoms with Crippen LogP contribution in [-0.4, -0.2) is 29.8 Å². The van der Waals surface area contributed by atoms with Crippen molar-refractivity contribution >= 4 is 29.3 Å². The lowest BCUT2D eigenvalue weighted by atomic mass is 10.2. The number of rotatable bonds is 7. The molecule has 0 atom stereocenters. The van der Waals surface area contributed by atoms with E-state index >= 15 is 0 Å². The third-order valence-corrected chi connectivity index (χ3v) is 4.52. The van der Waals surface area contributed by atoms with Gasteiger partial charge >= 0.3 is 0 Å². The Morgan fingerprint density at radius 1 is 1.12 bits per heavy atom. The summed E-state index contributed by atoms with van der Waals surface area (Å²) in [5.74, 6) is -0.854. The summed E-state index contributed by atoms with van der Waals surface area (Å²) in [5.41, 5.74) is 1.08. The van der Waals surface area contributed by atoms with E-state index in [1.54, 1.807) is 13.0 Å². The fourth-order valence-corrected chi connectivity index (χ4v) is 3.04. The molecule has 0 unspecified atom stereocenters. The van der Waals surface area contributed by atoms with Gasteiger partial charge in [-0.25, -0.2) is 0 Å². The molecule has 0 aliphatic carbocycles. The number of aryl methyl sites for hydroxylation is 1. The maximum Gasteiger partial charge on any atom is 0.284 e. The molecule has 136 valence electrons. The summed E-state index contributed by atoms with van der Waals surface area (Å²) >= 11 is 1.26. The maximum absolute atomic E-state index is 12.1. The van der Waals surface area contributed by atoms with Crippen LogP contribution in [0.25, 0.3) is 0 Å². The molecule has 2 amide bonds. The van der Waals surface area contributed by atoms with Crippen molar-refractivity contribution in [3.05, 3.63) is 63.7 Å². The zero-order valence-electron chi connectivity index (χ0n) is 14.4. The Morgan fingerprint density at radius 2 is 1.81 bits per heavy atom. The van der Waals surface area contributed by atoms with Gasteiger partial charge in [-0.3, -0.25) is 19.7 Å². The highest BCUT2D eigenvalue weighted by atomic mass is 32.2. The first-order valence-corrected chi connectivity index (χ1v) is 8.80. The molecular formula is C18H19N3O4S. The molecule has 0 aromatic heterocycles. The summed E-state index contributed by atoms with van der Waals surface area (Å²) in [6.07, 6.45) is 0. The number of hydrogen-bond acceptors (Lipinski definition) is 5. The lowest BCUT2D eigenvalue weighted by Crippen LogP contribution is -2.36. The van der Waals surface area contributed by atoms with Gasteiger partial charge in [0.05, 0.1) is 16.4 Å². The largest absolute Gasteiger partial charge is 0.355 e. The molecule has 26 heavy (non-hydrogen) atoms. The van der Waals surface area contributed by atoms with E-state index in [1.165, 1.54) is 23.9 Å². The highest BCUT2D eigenvalue weighted by Crippen LogP contribution is 2.35. The van der Waals surface area contributed by atoms with Crippen LogP contribution in [0.1, 0.15) is 22.8 Å². The summed E-state index contributed by atoms with van der Waals surface area (Å²) in [4.78, 5) is 35.7. The zero-order chi connectivity index (χ0) is 19.1. The van der Waals surface area contributed by atoms with E-state index in [9.17, 15) is 19.7 Å². The van der Waals surface area contributed by atoms with Gasteiger partial charge in [-0.2, -0.15) is 0 Å². The van der Waals surface area contributed by atoms with Crippen molar-refractivity contribution in [2.45, 2.75) is 23.6 Å². The van der Waals surface area contributed by atoms with Crippen molar-refractivity contribution in [3.8, 4) is 0 Å². The molecule has 0 heterocycles. The second-order valence-corrected chi connectivity index (χ2v) is 6.61. The van der Waals surface area contributed by atoms with Crippen molar-refractivity contribution in [3.63, 3.8) is 0 Å². The highest BCUT2D eigenvalue weighted by molar-refractivity contribution is 7.99. The molecule has 0 spiro atoms. The second-order valence-electron chi connectivity index (χ2n) is 5.49. The number of carbonyl (C=O) groups is 2. The summed E-state index contributed by atoms with van der Waals surface area (Å²) in [7, 11) is 0. The van der Waals surface area contributed by atoms with Gasteiger partial charge < -0.3 is 10.6 Å². The number of carbonyl (C=O) groups excluding carboxylic acids is 2. The molecule has 8 heteroatoms. The molecule has 7 nitrogen and oxygen atoms in total. The predicted molar refractivity (Wildman–Crippen MR) is 99.4 cm³/mol. The van der Waals surface area contributed by atoms with Gasteiger partial charge in [0, 0.05) is 23.1 Å². The molecular weight excluding hydrogens is 354 g/mol. The Morgan fingerprint density at radius 3 is 2.42 bits per heavy atom. The van der Waals surface area contributed by atoms with Crippen molar-refractivity contribution < 1.29 is 14.5 Å². The van der Waals surface area contributed by atoms with Crippen LogP contribution in [0.5, 0.6) is 0 Å². The highest BCUT2D eigenvalue weighted by Gasteiger charge is 2.19. The fourth-order valence-electron chi connectivity index (χ4n) is 2.14. The number of nitro benzene ring substituents is 1. The van der Waals surface area contributed by atoms with Crippen LogP contribution in [0.4, 0.5) is 5.69 Å². The van der Waals surface area contributed by atoms with E-state index < -0.39 is 10.8 Å². The Balaban J connectivity index is 2.17. The number of benzene rings is 2. The normalized spacial score (nSPS) is 10.2. The SMILES string of the molecule is CCNC(=O)CNC(=O)c1ccc(Sc2ccc(C)cc2)c([N+](=O)[O-])c1. The van der Waals surface area contributed by atoms with Crippen LogP contribution >= 0.6 is 11.8 Å². The van der Waals surface area contributed by atoms with E-state index in [0.717, 1.165) is 10.5 Å². The van der Waals surface area contributed by atoms with Crippen LogP contribution in [0.15, 0.2) is 52.3 Å². The number of nitrogens with zero attached hydrogens (tertiary/aromatic N) is 1. The van der Waals surface area contributed by atoms with Gasteiger partial charge in [-0.05, 0) is 38.1 Å². The van der Waals surface area contributed by atoms with Crippen molar-refractivity contribution in [2.75, 3.05) is 13.1 Å². The molecule has 0 radical (unpaired) electrons. The number of nitrogens with one attached hydrogen (secondary N) is 2. The number of amides is 2. The van der Waals surface area contributed by atoms with E-state index in [1.807, 2.05) is 31.2 Å². The van der Waals surface area contributed by atoms with Crippen LogP contribution in [0.3, 0.4) is 0 Å². The minimum Gasteiger partial charge on any atom is -0.355 e. The van der Waals surface area contributed by atoms with Gasteiger partial charge in [0.15, 0.2) is 0 Å². The van der Waals surface area contributed by atoms with Crippen molar-refractivity contribution in [1.82, 2.24) is 10.6 Å². The molecule has 2 rings (SSSR count). The quantitative estimate of drug-likeness (QED) is 0.574. The molecule has 0 fully saturated rings. The smallest absolute Gasteiger partial charge is 0.284 e. The van der Waals surface area contributed by atoms with Crippen molar-refractivity contribution in [2.24, 2.45) is 0 Å². The Kier molecular flexibility index (Phi) is 6.74. The minimum atomic E-state index is -0.536. The monoisotopic (exact) mass is 373 g/mol. The summed E-state index contributed by atoms with van der Waals surface area (Å²) < 4.78 is 0. The zero-order valence-corrected chi connectivity index (χ0v) is 15.3.